The molecule has 0 atom stereocenters. The van der Waals surface area contributed by atoms with E-state index in [1.165, 1.54) is 4.31 Å². The minimum absolute atomic E-state index is 0.241. The second kappa shape index (κ2) is 9.54. The van der Waals surface area contributed by atoms with Crippen LogP contribution in [-0.4, -0.2) is 65.8 Å². The molecule has 0 saturated carbocycles. The van der Waals surface area contributed by atoms with E-state index >= 15 is 0 Å². The molecule has 1 saturated heterocycles. The zero-order valence-electron chi connectivity index (χ0n) is 19.4. The zero-order valence-corrected chi connectivity index (χ0v) is 21.0. The van der Waals surface area contributed by atoms with Crippen molar-refractivity contribution in [2.75, 3.05) is 38.2 Å². The number of sulfonamides is 1. The Morgan fingerprint density at radius 3 is 2.43 bits per heavy atom. The van der Waals surface area contributed by atoms with E-state index in [2.05, 4.69) is 4.90 Å². The molecule has 35 heavy (non-hydrogen) atoms. The number of nitrogens with zero attached hydrogens (tertiary/aromatic N) is 6. The van der Waals surface area contributed by atoms with Crippen molar-refractivity contribution < 1.29 is 13.2 Å². The molecule has 4 aromatic rings. The van der Waals surface area contributed by atoms with Gasteiger partial charge in [0.2, 0.25) is 10.0 Å². The van der Waals surface area contributed by atoms with Gasteiger partial charge in [-0.2, -0.15) is 9.40 Å². The van der Waals surface area contributed by atoms with Crippen molar-refractivity contribution in [3.05, 3.63) is 71.1 Å². The van der Waals surface area contributed by atoms with E-state index in [9.17, 15) is 8.42 Å². The zero-order chi connectivity index (χ0) is 24.6. The van der Waals surface area contributed by atoms with E-state index in [0.717, 1.165) is 22.6 Å². The summed E-state index contributed by atoms with van der Waals surface area (Å²) in [6.07, 6.45) is 0. The summed E-state index contributed by atoms with van der Waals surface area (Å²) in [6.45, 7) is 3.85. The molecule has 5 rings (SSSR count). The van der Waals surface area contributed by atoms with Gasteiger partial charge in [-0.25, -0.2) is 23.1 Å². The van der Waals surface area contributed by atoms with E-state index in [0.29, 0.717) is 47.6 Å². The van der Waals surface area contributed by atoms with Crippen molar-refractivity contribution in [3.63, 3.8) is 0 Å². The summed E-state index contributed by atoms with van der Waals surface area (Å²) in [5.74, 6) is 1.25. The van der Waals surface area contributed by atoms with Crippen LogP contribution in [0, 0.1) is 6.92 Å². The Labute approximate surface area is 209 Å². The van der Waals surface area contributed by atoms with Crippen molar-refractivity contribution in [1.29, 1.82) is 0 Å². The Morgan fingerprint density at radius 1 is 1.00 bits per heavy atom. The first kappa shape index (κ1) is 23.7. The molecule has 3 heterocycles. The third-order valence-electron chi connectivity index (χ3n) is 5.97. The highest BCUT2D eigenvalue weighted by Crippen LogP contribution is 2.31. The minimum Gasteiger partial charge on any atom is -0.377 e. The molecule has 1 aliphatic heterocycles. The van der Waals surface area contributed by atoms with Gasteiger partial charge < -0.3 is 9.64 Å². The number of aromatic nitrogens is 4. The average molecular weight is 513 g/mol. The molecule has 0 bridgehead atoms. The Hall–Kier alpha value is -3.05. The van der Waals surface area contributed by atoms with Gasteiger partial charge >= 0.3 is 0 Å². The maximum absolute atomic E-state index is 13.1. The van der Waals surface area contributed by atoms with Crippen LogP contribution in [0.25, 0.3) is 16.7 Å². The van der Waals surface area contributed by atoms with Crippen LogP contribution in [-0.2, 0) is 21.4 Å². The van der Waals surface area contributed by atoms with E-state index in [4.69, 9.17) is 31.4 Å². The molecule has 0 radical (unpaired) electrons. The van der Waals surface area contributed by atoms with Gasteiger partial charge in [0, 0.05) is 38.3 Å². The molecule has 0 aliphatic carbocycles. The predicted octanol–water partition coefficient (Wildman–Crippen LogP) is 3.43. The maximum atomic E-state index is 13.1. The number of anilines is 1. The number of rotatable bonds is 6. The van der Waals surface area contributed by atoms with Gasteiger partial charge in [-0.05, 0) is 37.3 Å². The number of benzene rings is 2. The molecule has 0 amide bonds. The smallest absolute Gasteiger partial charge is 0.243 e. The van der Waals surface area contributed by atoms with E-state index in [-0.39, 0.29) is 6.61 Å². The maximum Gasteiger partial charge on any atom is 0.243 e. The second-order valence-electron chi connectivity index (χ2n) is 8.28. The van der Waals surface area contributed by atoms with Crippen molar-refractivity contribution in [3.8, 4) is 5.69 Å². The van der Waals surface area contributed by atoms with Gasteiger partial charge in [-0.3, -0.25) is 0 Å². The molecule has 1 aliphatic rings. The molecule has 1 fully saturated rings. The van der Waals surface area contributed by atoms with Crippen LogP contribution in [0.1, 0.15) is 11.5 Å². The number of fused-ring (bicyclic) bond motifs is 1. The van der Waals surface area contributed by atoms with Crippen LogP contribution >= 0.6 is 11.6 Å². The number of aryl methyl sites for hydroxylation is 1. The van der Waals surface area contributed by atoms with Crippen LogP contribution in [0.5, 0.6) is 0 Å². The summed E-state index contributed by atoms with van der Waals surface area (Å²) in [5, 5.41) is 6.16. The largest absolute Gasteiger partial charge is 0.377 e. The minimum atomic E-state index is -3.55. The number of hydrogen-bond acceptors (Lipinski definition) is 7. The van der Waals surface area contributed by atoms with Crippen molar-refractivity contribution in [2.45, 2.75) is 18.4 Å². The summed E-state index contributed by atoms with van der Waals surface area (Å²) in [6, 6.07) is 16.0. The summed E-state index contributed by atoms with van der Waals surface area (Å²) >= 11 is 6.23. The standard InChI is InChI=1S/C24H25ClN6O3S/c1-17-22-23(29-11-13-30(14-12-29)35(32,33)20-9-4-3-5-10-20)26-21(16-34-2)27-24(22)31(28-17)19-8-6-7-18(25)15-19/h3-10,15H,11-14,16H2,1-2H3. The molecular weight excluding hydrogens is 488 g/mol. The third kappa shape index (κ3) is 4.50. The van der Waals surface area contributed by atoms with Crippen LogP contribution < -0.4 is 4.90 Å². The monoisotopic (exact) mass is 512 g/mol. The van der Waals surface area contributed by atoms with E-state index in [1.54, 1.807) is 42.1 Å². The van der Waals surface area contributed by atoms with E-state index in [1.807, 2.05) is 31.2 Å². The lowest BCUT2D eigenvalue weighted by molar-refractivity contribution is 0.178. The number of methoxy groups -OCH3 is 1. The second-order valence-corrected chi connectivity index (χ2v) is 10.7. The van der Waals surface area contributed by atoms with Crippen LogP contribution in [0.4, 0.5) is 5.82 Å². The molecule has 11 heteroatoms. The molecular formula is C24H25ClN6O3S. The fourth-order valence-corrected chi connectivity index (χ4v) is 5.93. The van der Waals surface area contributed by atoms with Crippen molar-refractivity contribution in [2.24, 2.45) is 0 Å². The van der Waals surface area contributed by atoms with Gasteiger partial charge in [-0.15, -0.1) is 0 Å². The lowest BCUT2D eigenvalue weighted by atomic mass is 10.2. The summed E-state index contributed by atoms with van der Waals surface area (Å²) < 4.78 is 34.7. The van der Waals surface area contributed by atoms with Gasteiger partial charge in [0.15, 0.2) is 11.5 Å². The average Bonchev–Trinajstić information content (AvgIpc) is 3.21. The first-order valence-corrected chi connectivity index (χ1v) is 13.0. The number of piperazine rings is 1. The Kier molecular flexibility index (Phi) is 6.45. The fourth-order valence-electron chi connectivity index (χ4n) is 4.30. The predicted molar refractivity (Wildman–Crippen MR) is 135 cm³/mol. The van der Waals surface area contributed by atoms with Crippen LogP contribution in [0.3, 0.4) is 0 Å². The van der Waals surface area contributed by atoms with Gasteiger partial charge in [0.05, 0.1) is 21.7 Å². The quantitative estimate of drug-likeness (QED) is 0.390. The summed E-state index contributed by atoms with van der Waals surface area (Å²) in [7, 11) is -1.95. The molecule has 9 nitrogen and oxygen atoms in total. The SMILES string of the molecule is COCc1nc(N2CCN(S(=O)(=O)c3ccccc3)CC2)c2c(C)nn(-c3cccc(Cl)c3)c2n1. The summed E-state index contributed by atoms with van der Waals surface area (Å²) in [5.41, 5.74) is 2.22. The molecule has 0 spiro atoms. The molecule has 2 aromatic carbocycles. The highest BCUT2D eigenvalue weighted by molar-refractivity contribution is 7.89. The van der Waals surface area contributed by atoms with Gasteiger partial charge in [0.1, 0.15) is 12.4 Å². The first-order chi connectivity index (χ1) is 16.9. The normalized spacial score (nSPS) is 15.1. The molecule has 0 unspecified atom stereocenters. The molecule has 182 valence electrons. The van der Waals surface area contributed by atoms with E-state index < -0.39 is 10.0 Å². The van der Waals surface area contributed by atoms with Crippen molar-refractivity contribution >= 4 is 38.5 Å². The topological polar surface area (TPSA) is 93.5 Å². The van der Waals surface area contributed by atoms with Gasteiger partial charge in [-0.1, -0.05) is 35.9 Å². The lowest BCUT2D eigenvalue weighted by Gasteiger charge is -2.35. The Balaban J connectivity index is 1.51. The fraction of sp³-hybridized carbons (Fsp3) is 0.292. The number of ether oxygens (including phenoxy) is 1. The lowest BCUT2D eigenvalue weighted by Crippen LogP contribution is -2.49. The van der Waals surface area contributed by atoms with Crippen LogP contribution in [0.2, 0.25) is 5.02 Å². The van der Waals surface area contributed by atoms with Crippen molar-refractivity contribution in [1.82, 2.24) is 24.1 Å². The summed E-state index contributed by atoms with van der Waals surface area (Å²) in [4.78, 5) is 11.9. The molecule has 2 aromatic heterocycles. The van der Waals surface area contributed by atoms with Crippen LogP contribution in [0.15, 0.2) is 59.5 Å². The third-order valence-corrected chi connectivity index (χ3v) is 8.12. The Bertz CT molecular complexity index is 1470. The highest BCUT2D eigenvalue weighted by Gasteiger charge is 2.30. The Morgan fingerprint density at radius 2 is 1.74 bits per heavy atom. The number of halogens is 1. The van der Waals surface area contributed by atoms with Gasteiger partial charge in [0.25, 0.3) is 0 Å². The first-order valence-electron chi connectivity index (χ1n) is 11.2. The number of hydrogen-bond donors (Lipinski definition) is 0. The molecule has 0 N–H and O–H groups in total. The highest BCUT2D eigenvalue weighted by atomic mass is 35.5.